The van der Waals surface area contributed by atoms with Crippen LogP contribution in [-0.2, 0) is 4.79 Å². The average molecular weight is 291 g/mol. The van der Waals surface area contributed by atoms with Crippen molar-refractivity contribution in [1.82, 2.24) is 4.90 Å². The zero-order chi connectivity index (χ0) is 15.4. The summed E-state index contributed by atoms with van der Waals surface area (Å²) in [5.41, 5.74) is 7.19. The van der Waals surface area contributed by atoms with E-state index in [0.717, 1.165) is 24.8 Å². The predicted molar refractivity (Wildman–Crippen MR) is 79.7 cm³/mol. The van der Waals surface area contributed by atoms with Crippen molar-refractivity contribution in [2.75, 3.05) is 6.54 Å². The third-order valence-corrected chi connectivity index (χ3v) is 3.90. The Bertz CT molecular complexity index is 515. The van der Waals surface area contributed by atoms with Gasteiger partial charge in [-0.1, -0.05) is 19.1 Å². The zero-order valence-corrected chi connectivity index (χ0v) is 12.2. The van der Waals surface area contributed by atoms with E-state index < -0.39 is 4.92 Å². The highest BCUT2D eigenvalue weighted by atomic mass is 16.6. The molecule has 114 valence electrons. The Balaban J connectivity index is 2.34. The molecule has 2 atom stereocenters. The number of nitro benzene ring substituents is 1. The molecule has 1 aliphatic rings. The smallest absolute Gasteiger partial charge is 0.269 e. The molecule has 0 spiro atoms. The van der Waals surface area contributed by atoms with Crippen molar-refractivity contribution in [3.63, 3.8) is 0 Å². The topological polar surface area (TPSA) is 89.5 Å². The third kappa shape index (κ3) is 3.39. The Morgan fingerprint density at radius 1 is 1.38 bits per heavy atom. The maximum Gasteiger partial charge on any atom is 0.269 e. The van der Waals surface area contributed by atoms with E-state index in [4.69, 9.17) is 5.73 Å². The second-order valence-corrected chi connectivity index (χ2v) is 5.44. The van der Waals surface area contributed by atoms with Gasteiger partial charge in [-0.3, -0.25) is 14.9 Å². The molecule has 1 heterocycles. The summed E-state index contributed by atoms with van der Waals surface area (Å²) < 4.78 is 0. The van der Waals surface area contributed by atoms with E-state index in [1.807, 2.05) is 11.8 Å². The number of amides is 1. The average Bonchev–Trinajstić information content (AvgIpc) is 2.59. The van der Waals surface area contributed by atoms with Crippen LogP contribution in [0.3, 0.4) is 0 Å². The van der Waals surface area contributed by atoms with E-state index in [0.29, 0.717) is 13.0 Å². The quantitative estimate of drug-likeness (QED) is 0.681. The largest absolute Gasteiger partial charge is 0.334 e. The lowest BCUT2D eigenvalue weighted by atomic mass is 9.96. The Kier molecular flexibility index (Phi) is 4.90. The lowest BCUT2D eigenvalue weighted by molar-refractivity contribution is -0.384. The van der Waals surface area contributed by atoms with Gasteiger partial charge in [0.2, 0.25) is 5.91 Å². The van der Waals surface area contributed by atoms with Crippen LogP contribution < -0.4 is 5.73 Å². The summed E-state index contributed by atoms with van der Waals surface area (Å²) in [4.78, 5) is 24.4. The van der Waals surface area contributed by atoms with E-state index in [1.54, 1.807) is 12.1 Å². The number of likely N-dealkylation sites (tertiary alicyclic amines) is 1. The number of nitrogens with zero attached hydrogens (tertiary/aromatic N) is 2. The first kappa shape index (κ1) is 15.4. The lowest BCUT2D eigenvalue weighted by Gasteiger charge is -2.33. The molecule has 6 heteroatoms. The second kappa shape index (κ2) is 6.67. The maximum atomic E-state index is 12.3. The van der Waals surface area contributed by atoms with Crippen LogP contribution in [0.25, 0.3) is 0 Å². The molecule has 0 aliphatic carbocycles. The molecular weight excluding hydrogens is 270 g/mol. The molecule has 0 saturated carbocycles. The molecule has 0 radical (unpaired) electrons. The Morgan fingerprint density at radius 3 is 2.62 bits per heavy atom. The molecule has 0 bridgehead atoms. The van der Waals surface area contributed by atoms with Gasteiger partial charge in [0.1, 0.15) is 0 Å². The van der Waals surface area contributed by atoms with Crippen LogP contribution in [-0.4, -0.2) is 28.3 Å². The number of rotatable bonds is 4. The molecule has 2 unspecified atom stereocenters. The summed E-state index contributed by atoms with van der Waals surface area (Å²) in [5.74, 6) is 0.119. The summed E-state index contributed by atoms with van der Waals surface area (Å²) in [6.45, 7) is 2.69. The molecule has 1 aromatic rings. The summed E-state index contributed by atoms with van der Waals surface area (Å²) in [5, 5.41) is 10.7. The number of carbonyl (C=O) groups excluding carboxylic acids is 1. The van der Waals surface area contributed by atoms with Gasteiger partial charge in [0.05, 0.1) is 11.0 Å². The molecule has 1 aliphatic heterocycles. The first-order chi connectivity index (χ1) is 10.0. The standard InChI is InChI=1S/C15H21N3O3/c1-2-10-17-14(19)5-3-4-13(16)15(17)11-6-8-12(9-7-11)18(20)21/h6-9,13,15H,2-5,10,16H2,1H3. The molecular formula is C15H21N3O3. The summed E-state index contributed by atoms with van der Waals surface area (Å²) in [6.07, 6.45) is 2.97. The Morgan fingerprint density at radius 2 is 2.05 bits per heavy atom. The van der Waals surface area contributed by atoms with Gasteiger partial charge in [-0.15, -0.1) is 0 Å². The molecule has 1 aromatic carbocycles. The van der Waals surface area contributed by atoms with E-state index >= 15 is 0 Å². The lowest BCUT2D eigenvalue weighted by Crippen LogP contribution is -2.42. The minimum atomic E-state index is -0.425. The van der Waals surface area contributed by atoms with Gasteiger partial charge < -0.3 is 10.6 Å². The van der Waals surface area contributed by atoms with Crippen molar-refractivity contribution in [2.45, 2.75) is 44.7 Å². The number of hydrogen-bond donors (Lipinski definition) is 1. The zero-order valence-electron chi connectivity index (χ0n) is 12.2. The van der Waals surface area contributed by atoms with Crippen molar-refractivity contribution in [1.29, 1.82) is 0 Å². The normalized spacial score (nSPS) is 23.0. The Hall–Kier alpha value is -1.95. The van der Waals surface area contributed by atoms with Gasteiger partial charge in [0.25, 0.3) is 5.69 Å². The molecule has 1 saturated heterocycles. The first-order valence-corrected chi connectivity index (χ1v) is 7.34. The molecule has 2 N–H and O–H groups in total. The van der Waals surface area contributed by atoms with Crippen LogP contribution in [0, 0.1) is 10.1 Å². The van der Waals surface area contributed by atoms with E-state index in [-0.39, 0.29) is 23.7 Å². The van der Waals surface area contributed by atoms with Gasteiger partial charge in [-0.2, -0.15) is 0 Å². The van der Waals surface area contributed by atoms with Gasteiger partial charge in [-0.05, 0) is 24.8 Å². The first-order valence-electron chi connectivity index (χ1n) is 7.34. The summed E-state index contributed by atoms with van der Waals surface area (Å²) in [6, 6.07) is 6.04. The molecule has 1 fully saturated rings. The summed E-state index contributed by atoms with van der Waals surface area (Å²) in [7, 11) is 0. The van der Waals surface area contributed by atoms with E-state index in [1.165, 1.54) is 12.1 Å². The predicted octanol–water partition coefficient (Wildman–Crippen LogP) is 2.39. The Labute approximate surface area is 124 Å². The van der Waals surface area contributed by atoms with Crippen LogP contribution >= 0.6 is 0 Å². The van der Waals surface area contributed by atoms with Crippen LogP contribution in [0.5, 0.6) is 0 Å². The number of nitro groups is 1. The van der Waals surface area contributed by atoms with Gasteiger partial charge in [0.15, 0.2) is 0 Å². The minimum Gasteiger partial charge on any atom is -0.334 e. The van der Waals surface area contributed by atoms with Crippen molar-refractivity contribution >= 4 is 11.6 Å². The van der Waals surface area contributed by atoms with Crippen LogP contribution in [0.4, 0.5) is 5.69 Å². The summed E-state index contributed by atoms with van der Waals surface area (Å²) >= 11 is 0. The molecule has 2 rings (SSSR count). The van der Waals surface area contributed by atoms with E-state index in [2.05, 4.69) is 0 Å². The fourth-order valence-corrected chi connectivity index (χ4v) is 2.90. The number of non-ortho nitro benzene ring substituents is 1. The monoisotopic (exact) mass is 291 g/mol. The number of hydrogen-bond acceptors (Lipinski definition) is 4. The minimum absolute atomic E-state index is 0.0503. The fraction of sp³-hybridized carbons (Fsp3) is 0.533. The van der Waals surface area contributed by atoms with E-state index in [9.17, 15) is 14.9 Å². The fourth-order valence-electron chi connectivity index (χ4n) is 2.90. The molecule has 21 heavy (non-hydrogen) atoms. The molecule has 6 nitrogen and oxygen atoms in total. The highest BCUT2D eigenvalue weighted by Gasteiger charge is 2.32. The third-order valence-electron chi connectivity index (χ3n) is 3.90. The number of benzene rings is 1. The van der Waals surface area contributed by atoms with Crippen molar-refractivity contribution < 1.29 is 9.72 Å². The van der Waals surface area contributed by atoms with Gasteiger partial charge in [0, 0.05) is 31.1 Å². The highest BCUT2D eigenvalue weighted by Crippen LogP contribution is 2.31. The van der Waals surface area contributed by atoms with Crippen LogP contribution in [0.15, 0.2) is 24.3 Å². The molecule has 1 amide bonds. The number of carbonyl (C=O) groups is 1. The van der Waals surface area contributed by atoms with Crippen molar-refractivity contribution in [2.24, 2.45) is 5.73 Å². The highest BCUT2D eigenvalue weighted by molar-refractivity contribution is 5.77. The molecule has 0 aromatic heterocycles. The van der Waals surface area contributed by atoms with Crippen LogP contribution in [0.2, 0.25) is 0 Å². The maximum absolute atomic E-state index is 12.3. The van der Waals surface area contributed by atoms with Crippen LogP contribution in [0.1, 0.15) is 44.2 Å². The van der Waals surface area contributed by atoms with Crippen molar-refractivity contribution in [3.8, 4) is 0 Å². The van der Waals surface area contributed by atoms with Gasteiger partial charge >= 0.3 is 0 Å². The number of nitrogens with two attached hydrogens (primary N) is 1. The SMILES string of the molecule is CCCN1C(=O)CCCC(N)C1c1ccc([N+](=O)[O-])cc1. The second-order valence-electron chi connectivity index (χ2n) is 5.44. The van der Waals surface area contributed by atoms with Gasteiger partial charge in [-0.25, -0.2) is 0 Å². The van der Waals surface area contributed by atoms with Crippen molar-refractivity contribution in [3.05, 3.63) is 39.9 Å².